The van der Waals surface area contributed by atoms with Crippen molar-refractivity contribution in [2.45, 2.75) is 6.92 Å². The number of rotatable bonds is 4. The molecular weight excluding hydrogens is 470 g/mol. The van der Waals surface area contributed by atoms with E-state index in [1.165, 1.54) is 18.3 Å². The van der Waals surface area contributed by atoms with Gasteiger partial charge in [-0.25, -0.2) is 4.98 Å². The Kier molecular flexibility index (Phi) is 5.65. The van der Waals surface area contributed by atoms with Gasteiger partial charge in [-0.05, 0) is 23.3 Å². The molecule has 3 N–H and O–H groups in total. The molecule has 0 aliphatic heterocycles. The summed E-state index contributed by atoms with van der Waals surface area (Å²) in [5.41, 5.74) is 4.15. The van der Waals surface area contributed by atoms with Gasteiger partial charge < -0.3 is 15.4 Å². The summed E-state index contributed by atoms with van der Waals surface area (Å²) in [6.07, 6.45) is 0. The molecule has 6 nitrogen and oxygen atoms in total. The Labute approximate surface area is 203 Å². The highest BCUT2D eigenvalue weighted by atomic mass is 35.5. The second-order valence-electron chi connectivity index (χ2n) is 7.72. The largest absolute Gasteiger partial charge is 0.506 e. The Morgan fingerprint density at radius 1 is 1.03 bits per heavy atom. The standard InChI is InChI=1S/C26H18ClN3O3S/c1-14(31)28-26-30-22(13-34-26)16-9-7-15(8-10-16)18-11-19-21(12-20(18)27)29-25(33)23(24(19)32)17-5-3-2-4-6-17/h2-13H,1H3,(H,28,30,31)(H2,29,32,33). The number of nitrogens with zero attached hydrogens (tertiary/aromatic N) is 1. The van der Waals surface area contributed by atoms with E-state index in [2.05, 4.69) is 15.3 Å². The third kappa shape index (κ3) is 4.07. The molecule has 0 unspecified atom stereocenters. The molecule has 2 aromatic heterocycles. The fourth-order valence-electron chi connectivity index (χ4n) is 3.83. The van der Waals surface area contributed by atoms with Gasteiger partial charge in [0.1, 0.15) is 5.75 Å². The fraction of sp³-hybridized carbons (Fsp3) is 0.0385. The Bertz CT molecular complexity index is 1590. The predicted molar refractivity (Wildman–Crippen MR) is 138 cm³/mol. The quantitative estimate of drug-likeness (QED) is 0.277. The maximum atomic E-state index is 12.7. The van der Waals surface area contributed by atoms with Crippen molar-refractivity contribution in [1.29, 1.82) is 0 Å². The first kappa shape index (κ1) is 21.9. The van der Waals surface area contributed by atoms with E-state index in [-0.39, 0.29) is 22.8 Å². The first-order valence-corrected chi connectivity index (χ1v) is 11.6. The van der Waals surface area contributed by atoms with Crippen LogP contribution in [0.15, 0.2) is 76.9 Å². The number of aromatic amines is 1. The van der Waals surface area contributed by atoms with Gasteiger partial charge in [0.05, 0.1) is 21.8 Å². The molecular formula is C26H18ClN3O3S. The average molecular weight is 488 g/mol. The minimum absolute atomic E-state index is 0.0903. The van der Waals surface area contributed by atoms with Gasteiger partial charge >= 0.3 is 0 Å². The summed E-state index contributed by atoms with van der Waals surface area (Å²) in [5, 5.41) is 17.1. The van der Waals surface area contributed by atoms with Crippen molar-refractivity contribution < 1.29 is 9.90 Å². The number of anilines is 1. The van der Waals surface area contributed by atoms with Crippen LogP contribution < -0.4 is 10.9 Å². The Balaban J connectivity index is 1.56. The van der Waals surface area contributed by atoms with Gasteiger partial charge in [0.15, 0.2) is 5.13 Å². The van der Waals surface area contributed by atoms with Gasteiger partial charge in [-0.1, -0.05) is 66.2 Å². The molecule has 1 amide bonds. The number of aromatic hydroxyl groups is 1. The number of carbonyl (C=O) groups excluding carboxylic acids is 1. The first-order valence-electron chi connectivity index (χ1n) is 10.4. The molecule has 5 aromatic rings. The summed E-state index contributed by atoms with van der Waals surface area (Å²) in [6, 6.07) is 20.1. The molecule has 0 bridgehead atoms. The van der Waals surface area contributed by atoms with Crippen molar-refractivity contribution in [3.63, 3.8) is 0 Å². The zero-order valence-electron chi connectivity index (χ0n) is 17.9. The van der Waals surface area contributed by atoms with Gasteiger partial charge in [-0.2, -0.15) is 0 Å². The summed E-state index contributed by atoms with van der Waals surface area (Å²) >= 11 is 7.91. The van der Waals surface area contributed by atoms with Crippen molar-refractivity contribution in [1.82, 2.24) is 9.97 Å². The molecule has 2 heterocycles. The van der Waals surface area contributed by atoms with Crippen LogP contribution in [0.3, 0.4) is 0 Å². The van der Waals surface area contributed by atoms with Gasteiger partial charge in [0.25, 0.3) is 5.56 Å². The van der Waals surface area contributed by atoms with Crippen LogP contribution >= 0.6 is 22.9 Å². The highest BCUT2D eigenvalue weighted by Crippen LogP contribution is 2.38. The lowest BCUT2D eigenvalue weighted by molar-refractivity contribution is -0.114. The smallest absolute Gasteiger partial charge is 0.260 e. The van der Waals surface area contributed by atoms with Crippen LogP contribution in [0, 0.1) is 0 Å². The van der Waals surface area contributed by atoms with Gasteiger partial charge in [0.2, 0.25) is 5.91 Å². The first-order chi connectivity index (χ1) is 16.4. The number of hydrogen-bond donors (Lipinski definition) is 3. The summed E-state index contributed by atoms with van der Waals surface area (Å²) in [6.45, 7) is 1.44. The monoisotopic (exact) mass is 487 g/mol. The molecule has 34 heavy (non-hydrogen) atoms. The van der Waals surface area contributed by atoms with Crippen molar-refractivity contribution >= 4 is 44.9 Å². The Morgan fingerprint density at radius 3 is 2.44 bits per heavy atom. The zero-order chi connectivity index (χ0) is 23.8. The van der Waals surface area contributed by atoms with Crippen LogP contribution in [0.4, 0.5) is 5.13 Å². The number of thiazole rings is 1. The lowest BCUT2D eigenvalue weighted by atomic mass is 9.98. The van der Waals surface area contributed by atoms with E-state index in [9.17, 15) is 14.7 Å². The predicted octanol–water partition coefficient (Wildman–Crippen LogP) is 6.30. The van der Waals surface area contributed by atoms with Gasteiger partial charge in [-0.15, -0.1) is 11.3 Å². The number of fused-ring (bicyclic) bond motifs is 1. The second-order valence-corrected chi connectivity index (χ2v) is 8.98. The summed E-state index contributed by atoms with van der Waals surface area (Å²) < 4.78 is 0. The summed E-state index contributed by atoms with van der Waals surface area (Å²) in [7, 11) is 0. The number of carbonyl (C=O) groups is 1. The third-order valence-electron chi connectivity index (χ3n) is 5.42. The minimum Gasteiger partial charge on any atom is -0.506 e. The van der Waals surface area contributed by atoms with E-state index >= 15 is 0 Å². The highest BCUT2D eigenvalue weighted by molar-refractivity contribution is 7.14. The van der Waals surface area contributed by atoms with E-state index in [1.54, 1.807) is 24.3 Å². The molecule has 0 saturated heterocycles. The number of benzene rings is 3. The lowest BCUT2D eigenvalue weighted by Crippen LogP contribution is -2.09. The van der Waals surface area contributed by atoms with E-state index in [1.807, 2.05) is 47.8 Å². The van der Waals surface area contributed by atoms with E-state index < -0.39 is 0 Å². The SMILES string of the molecule is CC(=O)Nc1nc(-c2ccc(-c3cc4c(O)c(-c5ccccc5)c(=O)[nH]c4cc3Cl)cc2)cs1. The van der Waals surface area contributed by atoms with Crippen molar-refractivity contribution in [3.8, 4) is 39.3 Å². The number of H-pyrrole nitrogens is 1. The van der Waals surface area contributed by atoms with E-state index in [0.717, 1.165) is 22.4 Å². The van der Waals surface area contributed by atoms with E-state index in [4.69, 9.17) is 11.6 Å². The summed E-state index contributed by atoms with van der Waals surface area (Å²) in [4.78, 5) is 31.2. The van der Waals surface area contributed by atoms with Crippen molar-refractivity contribution in [2.75, 3.05) is 5.32 Å². The zero-order valence-corrected chi connectivity index (χ0v) is 19.5. The number of hydrogen-bond acceptors (Lipinski definition) is 5. The number of aromatic nitrogens is 2. The maximum Gasteiger partial charge on any atom is 0.260 e. The van der Waals surface area contributed by atoms with E-state index in [0.29, 0.717) is 26.6 Å². The average Bonchev–Trinajstić information content (AvgIpc) is 3.27. The molecule has 8 heteroatoms. The van der Waals surface area contributed by atoms with Crippen LogP contribution in [0.2, 0.25) is 5.02 Å². The normalized spacial score (nSPS) is 11.0. The molecule has 5 rings (SSSR count). The molecule has 3 aromatic carbocycles. The topological polar surface area (TPSA) is 95.1 Å². The number of amides is 1. The highest BCUT2D eigenvalue weighted by Gasteiger charge is 2.16. The molecule has 0 saturated carbocycles. The van der Waals surface area contributed by atoms with Crippen molar-refractivity contribution in [3.05, 3.63) is 87.5 Å². The number of halogens is 1. The maximum absolute atomic E-state index is 12.7. The lowest BCUT2D eigenvalue weighted by Gasteiger charge is -2.11. The van der Waals surface area contributed by atoms with Gasteiger partial charge in [0, 0.05) is 28.8 Å². The molecule has 0 radical (unpaired) electrons. The summed E-state index contributed by atoms with van der Waals surface area (Å²) in [5.74, 6) is -0.255. The minimum atomic E-state index is -0.383. The Hall–Kier alpha value is -3.94. The molecule has 0 aliphatic rings. The second kappa shape index (κ2) is 8.78. The van der Waals surface area contributed by atoms with Crippen molar-refractivity contribution in [2.24, 2.45) is 0 Å². The molecule has 0 atom stereocenters. The van der Waals surface area contributed by atoms with Crippen LogP contribution in [0.5, 0.6) is 5.75 Å². The van der Waals surface area contributed by atoms with Crippen LogP contribution in [0.1, 0.15) is 6.92 Å². The van der Waals surface area contributed by atoms with Crippen LogP contribution in [0.25, 0.3) is 44.4 Å². The molecule has 0 aliphatic carbocycles. The van der Waals surface area contributed by atoms with Gasteiger partial charge in [-0.3, -0.25) is 9.59 Å². The van der Waals surface area contributed by atoms with Crippen LogP contribution in [-0.2, 0) is 4.79 Å². The number of pyridine rings is 1. The Morgan fingerprint density at radius 2 is 1.74 bits per heavy atom. The third-order valence-corrected chi connectivity index (χ3v) is 6.49. The fourth-order valence-corrected chi connectivity index (χ4v) is 4.87. The molecule has 168 valence electrons. The molecule has 0 fully saturated rings. The van der Waals surface area contributed by atoms with Crippen LogP contribution in [-0.4, -0.2) is 21.0 Å². The number of nitrogens with one attached hydrogen (secondary N) is 2. The molecule has 0 spiro atoms.